The van der Waals surface area contributed by atoms with Crippen LogP contribution in [0.25, 0.3) is 11.0 Å². The lowest BCUT2D eigenvalue weighted by Crippen LogP contribution is -2.49. The summed E-state index contributed by atoms with van der Waals surface area (Å²) in [7, 11) is 0. The molecule has 2 aromatic rings. The molecular formula is C20H26N2O4. The van der Waals surface area contributed by atoms with Crippen LogP contribution in [0.2, 0.25) is 0 Å². The first-order chi connectivity index (χ1) is 12.6. The summed E-state index contributed by atoms with van der Waals surface area (Å²) < 4.78 is 11.3. The van der Waals surface area contributed by atoms with Crippen LogP contribution in [0.1, 0.15) is 29.0 Å². The van der Waals surface area contributed by atoms with Gasteiger partial charge < -0.3 is 19.2 Å². The summed E-state index contributed by atoms with van der Waals surface area (Å²) in [6.07, 6.45) is 0.946. The maximum Gasteiger partial charge on any atom is 0.289 e. The van der Waals surface area contributed by atoms with Crippen LogP contribution < -0.4 is 0 Å². The normalized spacial score (nSPS) is 25.4. The molecule has 2 aliphatic rings. The van der Waals surface area contributed by atoms with Gasteiger partial charge in [-0.1, -0.05) is 18.2 Å². The second kappa shape index (κ2) is 7.39. The topological polar surface area (TPSA) is 66.2 Å². The minimum absolute atomic E-state index is 0.0754. The third-order valence-electron chi connectivity index (χ3n) is 5.67. The molecule has 6 nitrogen and oxygen atoms in total. The SMILES string of the molecule is Cc1c(C(=O)N2CC[C@H](O)[C@@H](N3CCOCC3)CC2)oc2ccccc12. The number of morpholine rings is 1. The predicted octanol–water partition coefficient (Wildman–Crippen LogP) is 2.04. The Kier molecular flexibility index (Phi) is 4.98. The first-order valence-electron chi connectivity index (χ1n) is 9.42. The van der Waals surface area contributed by atoms with E-state index in [9.17, 15) is 9.90 Å². The zero-order valence-electron chi connectivity index (χ0n) is 15.2. The van der Waals surface area contributed by atoms with Crippen molar-refractivity contribution in [2.45, 2.75) is 31.9 Å². The molecule has 2 saturated heterocycles. The lowest BCUT2D eigenvalue weighted by molar-refractivity contribution is -0.0222. The van der Waals surface area contributed by atoms with Crippen LogP contribution >= 0.6 is 0 Å². The number of benzene rings is 1. The van der Waals surface area contributed by atoms with Gasteiger partial charge in [-0.3, -0.25) is 9.69 Å². The van der Waals surface area contributed by atoms with Gasteiger partial charge in [-0.2, -0.15) is 0 Å². The molecule has 3 heterocycles. The summed E-state index contributed by atoms with van der Waals surface area (Å²) in [5, 5.41) is 11.6. The van der Waals surface area contributed by atoms with Gasteiger partial charge in [-0.25, -0.2) is 0 Å². The Balaban J connectivity index is 1.50. The number of para-hydroxylation sites is 1. The Morgan fingerprint density at radius 3 is 2.62 bits per heavy atom. The fourth-order valence-electron chi connectivity index (χ4n) is 4.13. The van der Waals surface area contributed by atoms with Crippen molar-refractivity contribution in [1.82, 2.24) is 9.80 Å². The number of carbonyl (C=O) groups is 1. The molecule has 1 aromatic carbocycles. The van der Waals surface area contributed by atoms with Crippen LogP contribution in [0, 0.1) is 6.92 Å². The molecule has 2 fully saturated rings. The summed E-state index contributed by atoms with van der Waals surface area (Å²) in [5.74, 6) is 0.346. The van der Waals surface area contributed by atoms with E-state index in [2.05, 4.69) is 4.90 Å². The number of aliphatic hydroxyl groups excluding tert-OH is 1. The standard InChI is InChI=1S/C20H26N2O4/c1-14-15-4-2-3-5-18(15)26-19(14)20(24)22-8-6-16(17(23)7-9-22)21-10-12-25-13-11-21/h2-5,16-17,23H,6-13H2,1H3/t16-,17-/m0/s1. The van der Waals surface area contributed by atoms with Crippen molar-refractivity contribution in [1.29, 1.82) is 0 Å². The van der Waals surface area contributed by atoms with Crippen molar-refractivity contribution in [3.05, 3.63) is 35.6 Å². The van der Waals surface area contributed by atoms with Gasteiger partial charge >= 0.3 is 0 Å². The van der Waals surface area contributed by atoms with Gasteiger partial charge in [0.2, 0.25) is 0 Å². The van der Waals surface area contributed by atoms with Gasteiger partial charge in [0.15, 0.2) is 5.76 Å². The summed E-state index contributed by atoms with van der Waals surface area (Å²) in [4.78, 5) is 17.2. The van der Waals surface area contributed by atoms with Crippen LogP contribution in [-0.2, 0) is 4.74 Å². The summed E-state index contributed by atoms with van der Waals surface area (Å²) in [6.45, 7) is 6.23. The van der Waals surface area contributed by atoms with Crippen LogP contribution in [0.4, 0.5) is 0 Å². The Bertz CT molecular complexity index is 781. The van der Waals surface area contributed by atoms with E-state index in [-0.39, 0.29) is 11.9 Å². The van der Waals surface area contributed by atoms with Gasteiger partial charge in [0, 0.05) is 43.2 Å². The van der Waals surface area contributed by atoms with E-state index in [0.29, 0.717) is 38.5 Å². The van der Waals surface area contributed by atoms with Gasteiger partial charge in [-0.05, 0) is 25.8 Å². The zero-order valence-corrected chi connectivity index (χ0v) is 15.2. The summed E-state index contributed by atoms with van der Waals surface area (Å²) >= 11 is 0. The van der Waals surface area contributed by atoms with Crippen molar-refractivity contribution in [3.63, 3.8) is 0 Å². The lowest BCUT2D eigenvalue weighted by atomic mass is 10.0. The molecule has 2 atom stereocenters. The molecule has 0 spiro atoms. The molecule has 0 radical (unpaired) electrons. The molecule has 140 valence electrons. The first-order valence-corrected chi connectivity index (χ1v) is 9.42. The number of likely N-dealkylation sites (tertiary alicyclic amines) is 1. The van der Waals surface area contributed by atoms with Gasteiger partial charge in [0.05, 0.1) is 19.3 Å². The minimum Gasteiger partial charge on any atom is -0.451 e. The minimum atomic E-state index is -0.414. The number of hydrogen-bond donors (Lipinski definition) is 1. The average molecular weight is 358 g/mol. The highest BCUT2D eigenvalue weighted by atomic mass is 16.5. The van der Waals surface area contributed by atoms with E-state index in [0.717, 1.165) is 36.0 Å². The largest absolute Gasteiger partial charge is 0.451 e. The quantitative estimate of drug-likeness (QED) is 0.890. The number of aliphatic hydroxyl groups is 1. The summed E-state index contributed by atoms with van der Waals surface area (Å²) in [6, 6.07) is 7.82. The molecule has 0 bridgehead atoms. The zero-order chi connectivity index (χ0) is 18.1. The smallest absolute Gasteiger partial charge is 0.289 e. The number of rotatable bonds is 2. The maximum atomic E-state index is 13.0. The Morgan fingerprint density at radius 1 is 1.12 bits per heavy atom. The predicted molar refractivity (Wildman–Crippen MR) is 98.3 cm³/mol. The molecule has 4 rings (SSSR count). The van der Waals surface area contributed by atoms with Crippen molar-refractivity contribution in [3.8, 4) is 0 Å². The molecule has 1 aromatic heterocycles. The van der Waals surface area contributed by atoms with E-state index in [1.165, 1.54) is 0 Å². The second-order valence-corrected chi connectivity index (χ2v) is 7.20. The molecule has 2 aliphatic heterocycles. The second-order valence-electron chi connectivity index (χ2n) is 7.20. The number of amides is 1. The highest BCUT2D eigenvalue weighted by Gasteiger charge is 2.33. The highest BCUT2D eigenvalue weighted by molar-refractivity contribution is 5.98. The number of aryl methyl sites for hydroxylation is 1. The van der Waals surface area contributed by atoms with E-state index in [1.807, 2.05) is 36.1 Å². The number of nitrogens with zero attached hydrogens (tertiary/aromatic N) is 2. The Labute approximate surface area is 153 Å². The molecule has 1 N–H and O–H groups in total. The average Bonchev–Trinajstić information content (AvgIpc) is 2.88. The number of fused-ring (bicyclic) bond motifs is 1. The van der Waals surface area contributed by atoms with E-state index < -0.39 is 6.10 Å². The van der Waals surface area contributed by atoms with Crippen LogP contribution in [0.3, 0.4) is 0 Å². The van der Waals surface area contributed by atoms with E-state index in [1.54, 1.807) is 0 Å². The molecule has 26 heavy (non-hydrogen) atoms. The fraction of sp³-hybridized carbons (Fsp3) is 0.550. The molecule has 0 aliphatic carbocycles. The van der Waals surface area contributed by atoms with Crippen LogP contribution in [0.5, 0.6) is 0 Å². The van der Waals surface area contributed by atoms with E-state index in [4.69, 9.17) is 9.15 Å². The maximum absolute atomic E-state index is 13.0. The van der Waals surface area contributed by atoms with Gasteiger partial charge in [-0.15, -0.1) is 0 Å². The summed E-state index contributed by atoms with van der Waals surface area (Å²) in [5.41, 5.74) is 1.63. The number of ether oxygens (including phenoxy) is 1. The van der Waals surface area contributed by atoms with Gasteiger partial charge in [0.1, 0.15) is 5.58 Å². The first kappa shape index (κ1) is 17.5. The highest BCUT2D eigenvalue weighted by Crippen LogP contribution is 2.27. The third-order valence-corrected chi connectivity index (χ3v) is 5.67. The third kappa shape index (κ3) is 3.24. The van der Waals surface area contributed by atoms with Crippen LogP contribution in [-0.4, -0.2) is 72.4 Å². The Hall–Kier alpha value is -1.89. The molecule has 0 saturated carbocycles. The molecule has 6 heteroatoms. The number of carbonyl (C=O) groups excluding carboxylic acids is 1. The van der Waals surface area contributed by atoms with Gasteiger partial charge in [0.25, 0.3) is 5.91 Å². The number of hydrogen-bond acceptors (Lipinski definition) is 5. The Morgan fingerprint density at radius 2 is 1.85 bits per heavy atom. The monoisotopic (exact) mass is 358 g/mol. The van der Waals surface area contributed by atoms with E-state index >= 15 is 0 Å². The molecule has 1 amide bonds. The fourth-order valence-corrected chi connectivity index (χ4v) is 4.13. The van der Waals surface area contributed by atoms with Crippen molar-refractivity contribution in [2.24, 2.45) is 0 Å². The van der Waals surface area contributed by atoms with Crippen molar-refractivity contribution >= 4 is 16.9 Å². The lowest BCUT2D eigenvalue weighted by Gasteiger charge is -2.36. The molecular weight excluding hydrogens is 332 g/mol. The van der Waals surface area contributed by atoms with Crippen molar-refractivity contribution in [2.75, 3.05) is 39.4 Å². The van der Waals surface area contributed by atoms with Crippen molar-refractivity contribution < 1.29 is 19.1 Å². The van der Waals surface area contributed by atoms with Crippen LogP contribution in [0.15, 0.2) is 28.7 Å². The molecule has 0 unspecified atom stereocenters. The number of furan rings is 1.